The van der Waals surface area contributed by atoms with Crippen LogP contribution in [0.1, 0.15) is 5.56 Å². The largest absolute Gasteiger partial charge is 0.573 e. The van der Waals surface area contributed by atoms with Crippen molar-refractivity contribution in [2.24, 2.45) is 5.73 Å². The van der Waals surface area contributed by atoms with Crippen molar-refractivity contribution >= 4 is 11.6 Å². The zero-order valence-electron chi connectivity index (χ0n) is 10.2. The van der Waals surface area contributed by atoms with E-state index in [1.54, 1.807) is 24.3 Å². The summed E-state index contributed by atoms with van der Waals surface area (Å²) >= 11 is 6.03. The lowest BCUT2D eigenvalue weighted by Gasteiger charge is -2.11. The van der Waals surface area contributed by atoms with Gasteiger partial charge >= 0.3 is 6.36 Å². The Hall–Kier alpha value is -1.72. The van der Waals surface area contributed by atoms with Gasteiger partial charge in [-0.05, 0) is 34.9 Å². The summed E-state index contributed by atoms with van der Waals surface area (Å²) in [5.74, 6) is -0.269. The van der Waals surface area contributed by atoms with Crippen molar-refractivity contribution in [1.82, 2.24) is 0 Å². The molecule has 6 heteroatoms. The van der Waals surface area contributed by atoms with Gasteiger partial charge in [0.1, 0.15) is 5.75 Å². The summed E-state index contributed by atoms with van der Waals surface area (Å²) in [6.07, 6.45) is -4.71. The molecule has 2 aromatic carbocycles. The first-order valence-corrected chi connectivity index (χ1v) is 6.11. The van der Waals surface area contributed by atoms with Crippen molar-refractivity contribution in [3.63, 3.8) is 0 Å². The smallest absolute Gasteiger partial charge is 0.406 e. The Kier molecular flexibility index (Phi) is 4.20. The van der Waals surface area contributed by atoms with Crippen LogP contribution in [-0.2, 0) is 6.54 Å². The van der Waals surface area contributed by atoms with Crippen molar-refractivity contribution in [2.75, 3.05) is 0 Å². The first-order valence-electron chi connectivity index (χ1n) is 5.74. The van der Waals surface area contributed by atoms with Crippen LogP contribution in [0.2, 0.25) is 5.02 Å². The van der Waals surface area contributed by atoms with Gasteiger partial charge in [0.15, 0.2) is 0 Å². The number of halogens is 4. The Morgan fingerprint density at radius 2 is 1.75 bits per heavy atom. The van der Waals surface area contributed by atoms with Crippen molar-refractivity contribution in [3.8, 4) is 16.9 Å². The fourth-order valence-corrected chi connectivity index (χ4v) is 2.02. The molecule has 0 aliphatic carbocycles. The lowest BCUT2D eigenvalue weighted by molar-refractivity contribution is -0.274. The Labute approximate surface area is 118 Å². The SMILES string of the molecule is NCc1ccc(-c2cccc(OC(F)(F)F)c2)cc1Cl. The number of hydrogen-bond acceptors (Lipinski definition) is 2. The molecule has 2 rings (SSSR count). The fourth-order valence-electron chi connectivity index (χ4n) is 1.77. The van der Waals surface area contributed by atoms with Gasteiger partial charge in [-0.15, -0.1) is 13.2 Å². The topological polar surface area (TPSA) is 35.2 Å². The molecule has 0 unspecified atom stereocenters. The van der Waals surface area contributed by atoms with E-state index in [1.165, 1.54) is 18.2 Å². The molecular formula is C14H11ClF3NO. The minimum absolute atomic E-state index is 0.269. The molecule has 0 radical (unpaired) electrons. The van der Waals surface area contributed by atoms with Crippen LogP contribution in [0.5, 0.6) is 5.75 Å². The van der Waals surface area contributed by atoms with Crippen molar-refractivity contribution < 1.29 is 17.9 Å². The van der Waals surface area contributed by atoms with Gasteiger partial charge in [-0.3, -0.25) is 0 Å². The van der Waals surface area contributed by atoms with Gasteiger partial charge in [-0.2, -0.15) is 0 Å². The van der Waals surface area contributed by atoms with Crippen LogP contribution < -0.4 is 10.5 Å². The summed E-state index contributed by atoms with van der Waals surface area (Å²) in [5, 5.41) is 0.479. The Bertz CT molecular complexity index is 614. The van der Waals surface area contributed by atoms with Crippen LogP contribution in [0.25, 0.3) is 11.1 Å². The van der Waals surface area contributed by atoms with E-state index in [2.05, 4.69) is 4.74 Å². The summed E-state index contributed by atoms with van der Waals surface area (Å²) in [4.78, 5) is 0. The number of rotatable bonds is 3. The third kappa shape index (κ3) is 3.65. The van der Waals surface area contributed by atoms with Gasteiger partial charge in [0, 0.05) is 11.6 Å². The molecule has 0 fully saturated rings. The van der Waals surface area contributed by atoms with E-state index in [0.717, 1.165) is 5.56 Å². The maximum atomic E-state index is 12.2. The first-order chi connectivity index (χ1) is 9.39. The average Bonchev–Trinajstić information content (AvgIpc) is 2.37. The van der Waals surface area contributed by atoms with Gasteiger partial charge < -0.3 is 10.5 Å². The summed E-state index contributed by atoms with van der Waals surface area (Å²) in [5.41, 5.74) is 7.55. The lowest BCUT2D eigenvalue weighted by atomic mass is 10.0. The van der Waals surface area contributed by atoms with Crippen LogP contribution in [0, 0.1) is 0 Å². The fraction of sp³-hybridized carbons (Fsp3) is 0.143. The second-order valence-corrected chi connectivity index (χ2v) is 4.49. The van der Waals surface area contributed by atoms with E-state index in [0.29, 0.717) is 22.7 Å². The highest BCUT2D eigenvalue weighted by molar-refractivity contribution is 6.31. The monoisotopic (exact) mass is 301 g/mol. The number of benzene rings is 2. The van der Waals surface area contributed by atoms with E-state index in [9.17, 15) is 13.2 Å². The second kappa shape index (κ2) is 5.73. The van der Waals surface area contributed by atoms with Crippen LogP contribution in [0.4, 0.5) is 13.2 Å². The van der Waals surface area contributed by atoms with Gasteiger partial charge in [0.05, 0.1) is 0 Å². The molecule has 0 aliphatic rings. The van der Waals surface area contributed by atoms with Gasteiger partial charge in [0.2, 0.25) is 0 Å². The predicted molar refractivity (Wildman–Crippen MR) is 71.5 cm³/mol. The maximum Gasteiger partial charge on any atom is 0.573 e. The highest BCUT2D eigenvalue weighted by Crippen LogP contribution is 2.30. The molecule has 0 aromatic heterocycles. The van der Waals surface area contributed by atoms with E-state index in [1.807, 2.05) is 0 Å². The lowest BCUT2D eigenvalue weighted by Crippen LogP contribution is -2.17. The molecule has 20 heavy (non-hydrogen) atoms. The molecule has 2 nitrogen and oxygen atoms in total. The van der Waals surface area contributed by atoms with Crippen LogP contribution in [0.15, 0.2) is 42.5 Å². The quantitative estimate of drug-likeness (QED) is 0.914. The zero-order chi connectivity index (χ0) is 14.8. The van der Waals surface area contributed by atoms with Crippen molar-refractivity contribution in [2.45, 2.75) is 12.9 Å². The molecule has 0 saturated heterocycles. The van der Waals surface area contributed by atoms with Gasteiger partial charge in [0.25, 0.3) is 0 Å². The number of ether oxygens (including phenoxy) is 1. The van der Waals surface area contributed by atoms with Gasteiger partial charge in [-0.1, -0.05) is 35.9 Å². The van der Waals surface area contributed by atoms with E-state index < -0.39 is 6.36 Å². The standard InChI is InChI=1S/C14H11ClF3NO/c15-13-7-10(4-5-11(13)8-19)9-2-1-3-12(6-9)20-14(16,17)18/h1-7H,8,19H2. The van der Waals surface area contributed by atoms with E-state index in [-0.39, 0.29) is 5.75 Å². The highest BCUT2D eigenvalue weighted by Gasteiger charge is 2.31. The molecule has 2 N–H and O–H groups in total. The van der Waals surface area contributed by atoms with Crippen molar-refractivity contribution in [3.05, 3.63) is 53.1 Å². The molecule has 0 atom stereocenters. The first kappa shape index (κ1) is 14.7. The van der Waals surface area contributed by atoms with Gasteiger partial charge in [-0.25, -0.2) is 0 Å². The average molecular weight is 302 g/mol. The number of alkyl halides is 3. The summed E-state index contributed by atoms with van der Waals surface area (Å²) in [7, 11) is 0. The van der Waals surface area contributed by atoms with Crippen molar-refractivity contribution in [1.29, 1.82) is 0 Å². The highest BCUT2D eigenvalue weighted by atomic mass is 35.5. The Balaban J connectivity index is 2.33. The molecule has 0 aliphatic heterocycles. The summed E-state index contributed by atoms with van der Waals surface area (Å²) in [6.45, 7) is 0.302. The number of hydrogen-bond donors (Lipinski definition) is 1. The predicted octanol–water partition coefficient (Wildman–Crippen LogP) is 4.36. The Morgan fingerprint density at radius 3 is 2.35 bits per heavy atom. The maximum absolute atomic E-state index is 12.2. The summed E-state index contributed by atoms with van der Waals surface area (Å²) in [6, 6.07) is 10.9. The van der Waals surface area contributed by atoms with Crippen LogP contribution in [-0.4, -0.2) is 6.36 Å². The third-order valence-electron chi connectivity index (χ3n) is 2.67. The zero-order valence-corrected chi connectivity index (χ0v) is 11.0. The minimum atomic E-state index is -4.71. The number of nitrogens with two attached hydrogens (primary N) is 1. The molecule has 0 heterocycles. The van der Waals surface area contributed by atoms with Crippen LogP contribution >= 0.6 is 11.6 Å². The molecule has 0 saturated carbocycles. The third-order valence-corrected chi connectivity index (χ3v) is 3.03. The minimum Gasteiger partial charge on any atom is -0.406 e. The normalized spacial score (nSPS) is 11.4. The van der Waals surface area contributed by atoms with Crippen LogP contribution in [0.3, 0.4) is 0 Å². The molecule has 0 amide bonds. The molecule has 0 spiro atoms. The molecule has 0 bridgehead atoms. The van der Waals surface area contributed by atoms with E-state index in [4.69, 9.17) is 17.3 Å². The second-order valence-electron chi connectivity index (χ2n) is 4.09. The molecule has 106 valence electrons. The molecule has 2 aromatic rings. The Morgan fingerprint density at radius 1 is 1.05 bits per heavy atom. The van der Waals surface area contributed by atoms with E-state index >= 15 is 0 Å². The molecular weight excluding hydrogens is 291 g/mol. The summed E-state index contributed by atoms with van der Waals surface area (Å²) < 4.78 is 40.4.